The first kappa shape index (κ1) is 26.4. The second kappa shape index (κ2) is 11.0. The summed E-state index contributed by atoms with van der Waals surface area (Å²) in [5.41, 5.74) is 5.90. The summed E-state index contributed by atoms with van der Waals surface area (Å²) in [5, 5.41) is 11.6. The average Bonchev–Trinajstić information content (AvgIpc) is 3.26. The van der Waals surface area contributed by atoms with Crippen LogP contribution in [0, 0.1) is 19.7 Å². The van der Waals surface area contributed by atoms with Gasteiger partial charge in [0.1, 0.15) is 5.82 Å². The summed E-state index contributed by atoms with van der Waals surface area (Å²) in [6.07, 6.45) is -0.0708. The van der Waals surface area contributed by atoms with E-state index in [1.165, 1.54) is 12.1 Å². The highest BCUT2D eigenvalue weighted by atomic mass is 19.1. The van der Waals surface area contributed by atoms with E-state index in [1.807, 2.05) is 19.3 Å². The highest BCUT2D eigenvalue weighted by molar-refractivity contribution is 6.42. The molecule has 5 N–H and O–H groups in total. The van der Waals surface area contributed by atoms with Crippen LogP contribution >= 0.6 is 0 Å². The first-order valence-electron chi connectivity index (χ1n) is 11.4. The Bertz CT molecular complexity index is 1230. The predicted octanol–water partition coefficient (Wildman–Crippen LogP) is 2.62. The molecule has 3 rings (SSSR count). The van der Waals surface area contributed by atoms with Crippen molar-refractivity contribution in [2.24, 2.45) is 0 Å². The van der Waals surface area contributed by atoms with Crippen molar-refractivity contribution in [2.75, 3.05) is 31.1 Å². The minimum Gasteiger partial charge on any atom is -0.464 e. The molecule has 192 valence electrons. The number of imide groups is 1. The lowest BCUT2D eigenvalue weighted by Gasteiger charge is -2.18. The second-order valence-corrected chi connectivity index (χ2v) is 8.17. The first-order valence-corrected chi connectivity index (χ1v) is 11.4. The number of rotatable bonds is 7. The molecule has 0 saturated heterocycles. The number of hydrazine groups is 1. The van der Waals surface area contributed by atoms with Gasteiger partial charge in [-0.2, -0.15) is 0 Å². The Balaban J connectivity index is 1.92. The van der Waals surface area contributed by atoms with Crippen molar-refractivity contribution in [3.8, 4) is 0 Å². The molecule has 0 saturated carbocycles. The lowest BCUT2D eigenvalue weighted by atomic mass is 10.0. The Morgan fingerprint density at radius 3 is 2.50 bits per heavy atom. The van der Waals surface area contributed by atoms with Crippen molar-refractivity contribution in [3.63, 3.8) is 0 Å². The fourth-order valence-corrected chi connectivity index (χ4v) is 4.13. The molecule has 0 unspecified atom stereocenters. The SMILES string of the molecule is CCN(CC)CCNC(=O)c1c(C)[nH]c(/C=C2\C(=O)N(C(=O)NNC(=O)O)c3ccc(F)cc32)c1C. The lowest BCUT2D eigenvalue weighted by Crippen LogP contribution is -2.49. The molecule has 2 heterocycles. The average molecular weight is 501 g/mol. The number of halogens is 1. The molecule has 1 aliphatic rings. The number of hydrogen-bond acceptors (Lipinski definition) is 5. The highest BCUT2D eigenvalue weighted by Crippen LogP contribution is 2.38. The van der Waals surface area contributed by atoms with E-state index in [2.05, 4.69) is 15.2 Å². The molecule has 1 aliphatic heterocycles. The minimum atomic E-state index is -1.52. The summed E-state index contributed by atoms with van der Waals surface area (Å²) < 4.78 is 14.1. The molecule has 0 spiro atoms. The number of aromatic amines is 1. The first-order chi connectivity index (χ1) is 17.1. The van der Waals surface area contributed by atoms with Gasteiger partial charge in [-0.05, 0) is 56.8 Å². The Morgan fingerprint density at radius 1 is 1.17 bits per heavy atom. The number of carboxylic acid groups (broad SMARTS) is 1. The molecule has 0 aliphatic carbocycles. The van der Waals surface area contributed by atoms with Crippen LogP contribution in [0.4, 0.5) is 19.7 Å². The summed E-state index contributed by atoms with van der Waals surface area (Å²) in [6.45, 7) is 10.5. The number of carbonyl (C=O) groups is 4. The summed E-state index contributed by atoms with van der Waals surface area (Å²) in [6, 6.07) is 2.41. The van der Waals surface area contributed by atoms with Crippen LogP contribution in [0.15, 0.2) is 18.2 Å². The maximum Gasteiger partial charge on any atom is 0.423 e. The summed E-state index contributed by atoms with van der Waals surface area (Å²) in [7, 11) is 0. The van der Waals surface area contributed by atoms with Crippen molar-refractivity contribution >= 4 is 41.3 Å². The van der Waals surface area contributed by atoms with E-state index < -0.39 is 23.8 Å². The van der Waals surface area contributed by atoms with Crippen molar-refractivity contribution in [3.05, 3.63) is 52.1 Å². The van der Waals surface area contributed by atoms with Gasteiger partial charge < -0.3 is 20.3 Å². The van der Waals surface area contributed by atoms with Crippen LogP contribution in [-0.4, -0.2) is 65.1 Å². The normalized spacial score (nSPS) is 13.8. The zero-order chi connectivity index (χ0) is 26.6. The largest absolute Gasteiger partial charge is 0.464 e. The van der Waals surface area contributed by atoms with Crippen LogP contribution in [0.2, 0.25) is 0 Å². The predicted molar refractivity (Wildman–Crippen MR) is 132 cm³/mol. The minimum absolute atomic E-state index is 0.00724. The lowest BCUT2D eigenvalue weighted by molar-refractivity contribution is -0.112. The third-order valence-electron chi connectivity index (χ3n) is 6.00. The number of likely N-dealkylation sites (N-methyl/N-ethyl adjacent to an activating group) is 1. The zero-order valence-electron chi connectivity index (χ0n) is 20.5. The fraction of sp³-hybridized carbons (Fsp3) is 0.333. The van der Waals surface area contributed by atoms with Gasteiger partial charge in [-0.1, -0.05) is 13.8 Å². The number of fused-ring (bicyclic) bond motifs is 1. The van der Waals surface area contributed by atoms with Gasteiger partial charge in [-0.15, -0.1) is 0 Å². The quantitative estimate of drug-likeness (QED) is 0.292. The maximum absolute atomic E-state index is 14.1. The van der Waals surface area contributed by atoms with Gasteiger partial charge >= 0.3 is 12.1 Å². The molecular formula is C24H29FN6O5. The highest BCUT2D eigenvalue weighted by Gasteiger charge is 2.37. The van der Waals surface area contributed by atoms with Crippen molar-refractivity contribution in [2.45, 2.75) is 27.7 Å². The maximum atomic E-state index is 14.1. The van der Waals surface area contributed by atoms with Gasteiger partial charge in [0.15, 0.2) is 0 Å². The molecule has 0 fully saturated rings. The number of amides is 5. The summed E-state index contributed by atoms with van der Waals surface area (Å²) >= 11 is 0. The number of aromatic nitrogens is 1. The van der Waals surface area contributed by atoms with Crippen LogP contribution in [0.25, 0.3) is 11.6 Å². The molecule has 1 aromatic heterocycles. The van der Waals surface area contributed by atoms with Gasteiger partial charge in [0, 0.05) is 30.0 Å². The van der Waals surface area contributed by atoms with E-state index in [9.17, 15) is 23.6 Å². The van der Waals surface area contributed by atoms with Crippen molar-refractivity contribution in [1.29, 1.82) is 0 Å². The molecule has 12 heteroatoms. The smallest absolute Gasteiger partial charge is 0.423 e. The molecular weight excluding hydrogens is 471 g/mol. The third-order valence-corrected chi connectivity index (χ3v) is 6.00. The van der Waals surface area contributed by atoms with E-state index >= 15 is 0 Å². The van der Waals surface area contributed by atoms with E-state index in [0.29, 0.717) is 40.5 Å². The fourth-order valence-electron chi connectivity index (χ4n) is 4.13. The second-order valence-electron chi connectivity index (χ2n) is 8.17. The van der Waals surface area contributed by atoms with E-state index in [0.717, 1.165) is 25.2 Å². The monoisotopic (exact) mass is 500 g/mol. The standard InChI is InChI=1S/C24H29FN6O5/c1-5-30(6-2)10-9-26-21(32)20-13(3)18(27-14(20)4)12-17-16-11-15(25)7-8-19(16)31(22(17)33)23(34)28-29-24(35)36/h7-8,11-12,27,29H,5-6,9-10H2,1-4H3,(H,26,32)(H,28,34)(H,35,36)/b17-12-. The molecule has 0 bridgehead atoms. The number of anilines is 1. The number of urea groups is 1. The van der Waals surface area contributed by atoms with Crippen LogP contribution in [0.5, 0.6) is 0 Å². The zero-order valence-corrected chi connectivity index (χ0v) is 20.5. The number of H-pyrrole nitrogens is 1. The van der Waals surface area contributed by atoms with Crippen LogP contribution in [0.1, 0.15) is 46.7 Å². The number of carbonyl (C=O) groups excluding carboxylic acids is 3. The molecule has 11 nitrogen and oxygen atoms in total. The van der Waals surface area contributed by atoms with Gasteiger partial charge in [0.2, 0.25) is 0 Å². The van der Waals surface area contributed by atoms with Gasteiger partial charge in [-0.25, -0.2) is 29.7 Å². The van der Waals surface area contributed by atoms with Crippen molar-refractivity contribution in [1.82, 2.24) is 26.1 Å². The van der Waals surface area contributed by atoms with Gasteiger partial charge in [0.25, 0.3) is 11.8 Å². The Morgan fingerprint density at radius 2 is 1.86 bits per heavy atom. The number of nitrogens with zero attached hydrogens (tertiary/aromatic N) is 2. The van der Waals surface area contributed by atoms with Gasteiger partial charge in [-0.3, -0.25) is 9.59 Å². The number of benzene rings is 1. The molecule has 0 radical (unpaired) electrons. The van der Waals surface area contributed by atoms with Gasteiger partial charge in [0.05, 0.1) is 16.8 Å². The topological polar surface area (TPSA) is 147 Å². The van der Waals surface area contributed by atoms with E-state index in [1.54, 1.807) is 19.3 Å². The summed E-state index contributed by atoms with van der Waals surface area (Å²) in [5.74, 6) is -1.66. The third kappa shape index (κ3) is 5.38. The van der Waals surface area contributed by atoms with Crippen LogP contribution in [0.3, 0.4) is 0 Å². The molecule has 2 aromatic rings. The molecule has 1 aromatic carbocycles. The van der Waals surface area contributed by atoms with Crippen LogP contribution < -0.4 is 21.1 Å². The Hall–Kier alpha value is -4.19. The number of hydrogen-bond donors (Lipinski definition) is 5. The van der Waals surface area contributed by atoms with E-state index in [-0.39, 0.29) is 22.7 Å². The molecule has 0 atom stereocenters. The summed E-state index contributed by atoms with van der Waals surface area (Å²) in [4.78, 5) is 55.2. The number of aryl methyl sites for hydroxylation is 1. The van der Waals surface area contributed by atoms with E-state index in [4.69, 9.17) is 5.11 Å². The van der Waals surface area contributed by atoms with Crippen molar-refractivity contribution < 1.29 is 28.7 Å². The number of nitrogens with one attached hydrogen (secondary N) is 4. The molecule has 36 heavy (non-hydrogen) atoms. The van der Waals surface area contributed by atoms with Crippen LogP contribution in [-0.2, 0) is 4.79 Å². The Kier molecular flexibility index (Phi) is 8.10. The Labute approximate surface area is 207 Å². The molecule has 5 amide bonds.